The van der Waals surface area contributed by atoms with Crippen LogP contribution in [0.1, 0.15) is 55.5 Å². The van der Waals surface area contributed by atoms with Crippen LogP contribution in [0.25, 0.3) is 11.3 Å². The van der Waals surface area contributed by atoms with Crippen LogP contribution in [0.5, 0.6) is 0 Å². The largest absolute Gasteiger partial charge is 0.364 e. The molecule has 6 nitrogen and oxygen atoms in total. The molecule has 0 unspecified atom stereocenters. The van der Waals surface area contributed by atoms with E-state index in [4.69, 9.17) is 16.6 Å². The Kier molecular flexibility index (Phi) is 3.82. The van der Waals surface area contributed by atoms with E-state index in [1.807, 2.05) is 22.8 Å². The third-order valence-electron chi connectivity index (χ3n) is 5.13. The van der Waals surface area contributed by atoms with E-state index in [-0.39, 0.29) is 0 Å². The number of hydrogen-bond acceptors (Lipinski definition) is 4. The van der Waals surface area contributed by atoms with Crippen molar-refractivity contribution in [2.45, 2.75) is 45.1 Å². The van der Waals surface area contributed by atoms with Gasteiger partial charge in [0, 0.05) is 23.7 Å². The fourth-order valence-electron chi connectivity index (χ4n) is 3.64. The van der Waals surface area contributed by atoms with Crippen LogP contribution < -0.4 is 5.32 Å². The summed E-state index contributed by atoms with van der Waals surface area (Å²) in [5.41, 5.74) is 5.29. The van der Waals surface area contributed by atoms with Crippen LogP contribution in [-0.4, -0.2) is 24.0 Å². The summed E-state index contributed by atoms with van der Waals surface area (Å²) >= 11 is 6.28. The number of halogens is 1. The van der Waals surface area contributed by atoms with Crippen LogP contribution in [0, 0.1) is 0 Å². The lowest BCUT2D eigenvalue weighted by atomic mass is 10.1. The lowest BCUT2D eigenvalue weighted by molar-refractivity contribution is 0.871. The van der Waals surface area contributed by atoms with Crippen LogP contribution in [0.15, 0.2) is 36.7 Å². The quantitative estimate of drug-likeness (QED) is 0.512. The number of rotatable bonds is 5. The first-order chi connectivity index (χ1) is 13.1. The molecule has 0 aromatic carbocycles. The van der Waals surface area contributed by atoms with Gasteiger partial charge in [-0.2, -0.15) is 9.61 Å². The van der Waals surface area contributed by atoms with E-state index in [9.17, 15) is 0 Å². The van der Waals surface area contributed by atoms with Gasteiger partial charge >= 0.3 is 0 Å². The van der Waals surface area contributed by atoms with Crippen LogP contribution in [0.4, 0.5) is 5.82 Å². The van der Waals surface area contributed by atoms with Gasteiger partial charge in [0.05, 0.1) is 24.1 Å². The highest BCUT2D eigenvalue weighted by Gasteiger charge is 2.30. The van der Waals surface area contributed by atoms with Crippen LogP contribution in [0.3, 0.4) is 0 Å². The Hall–Kier alpha value is -2.60. The molecule has 4 heterocycles. The van der Waals surface area contributed by atoms with Crippen molar-refractivity contribution in [3.05, 3.63) is 58.8 Å². The summed E-state index contributed by atoms with van der Waals surface area (Å²) in [5.74, 6) is 1.77. The Bertz CT molecular complexity index is 1140. The molecular weight excluding hydrogens is 360 g/mol. The van der Waals surface area contributed by atoms with Gasteiger partial charge in [-0.1, -0.05) is 31.5 Å². The van der Waals surface area contributed by atoms with Gasteiger partial charge in [-0.15, -0.1) is 0 Å². The van der Waals surface area contributed by atoms with Crippen molar-refractivity contribution in [1.82, 2.24) is 24.0 Å². The number of aromatic nitrogens is 5. The Balaban J connectivity index is 1.52. The molecule has 5 rings (SSSR count). The minimum Gasteiger partial charge on any atom is -0.364 e. The first-order valence-corrected chi connectivity index (χ1v) is 9.73. The average molecular weight is 381 g/mol. The zero-order valence-corrected chi connectivity index (χ0v) is 16.1. The summed E-state index contributed by atoms with van der Waals surface area (Å²) < 4.78 is 4.04. The fourth-order valence-corrected chi connectivity index (χ4v) is 3.82. The van der Waals surface area contributed by atoms with Crippen molar-refractivity contribution < 1.29 is 0 Å². The van der Waals surface area contributed by atoms with Gasteiger partial charge in [0.2, 0.25) is 0 Å². The molecule has 0 radical (unpaired) electrons. The minimum absolute atomic E-state index is 0.334. The highest BCUT2D eigenvalue weighted by atomic mass is 35.5. The van der Waals surface area contributed by atoms with Crippen molar-refractivity contribution >= 4 is 28.7 Å². The molecule has 138 valence electrons. The van der Waals surface area contributed by atoms with Crippen molar-refractivity contribution in [1.29, 1.82) is 0 Å². The maximum Gasteiger partial charge on any atom is 0.162 e. The molecule has 4 aromatic rings. The van der Waals surface area contributed by atoms with E-state index in [0.29, 0.717) is 23.5 Å². The lowest BCUT2D eigenvalue weighted by Crippen LogP contribution is -2.08. The first kappa shape index (κ1) is 16.6. The maximum absolute atomic E-state index is 6.28. The van der Waals surface area contributed by atoms with E-state index in [1.165, 1.54) is 18.5 Å². The van der Waals surface area contributed by atoms with Gasteiger partial charge in [-0.25, -0.2) is 9.97 Å². The molecule has 0 saturated heterocycles. The second-order valence-corrected chi connectivity index (χ2v) is 7.84. The molecule has 4 aromatic heterocycles. The zero-order valence-electron chi connectivity index (χ0n) is 15.4. The first-order valence-electron chi connectivity index (χ1n) is 9.35. The standard InChI is InChI=1S/C20H21ClN6/c1-12(2)14-10-23-27-18(9-16(21)25-20(14)27)22-11-15-19(13-6-7-13)26-8-4-3-5-17(26)24-15/h3-5,8-10,12-13,22H,6-7,11H2,1-2H3. The van der Waals surface area contributed by atoms with Crippen LogP contribution in [0.2, 0.25) is 5.15 Å². The number of hydrogen-bond donors (Lipinski definition) is 1. The molecule has 1 aliphatic carbocycles. The maximum atomic E-state index is 6.28. The molecule has 1 saturated carbocycles. The Morgan fingerprint density at radius 3 is 2.89 bits per heavy atom. The zero-order chi connectivity index (χ0) is 18.5. The molecule has 1 aliphatic rings. The van der Waals surface area contributed by atoms with Crippen molar-refractivity contribution in [2.24, 2.45) is 0 Å². The minimum atomic E-state index is 0.334. The average Bonchev–Trinajstić information content (AvgIpc) is 3.27. The van der Waals surface area contributed by atoms with Gasteiger partial charge in [-0.3, -0.25) is 0 Å². The predicted molar refractivity (Wildman–Crippen MR) is 107 cm³/mol. The Morgan fingerprint density at radius 1 is 1.26 bits per heavy atom. The summed E-state index contributed by atoms with van der Waals surface area (Å²) in [4.78, 5) is 9.32. The molecule has 1 fully saturated rings. The smallest absolute Gasteiger partial charge is 0.162 e. The van der Waals surface area contributed by atoms with E-state index in [0.717, 1.165) is 28.4 Å². The number of nitrogens with one attached hydrogen (secondary N) is 1. The number of fused-ring (bicyclic) bond motifs is 2. The molecule has 0 spiro atoms. The fraction of sp³-hybridized carbons (Fsp3) is 0.350. The second-order valence-electron chi connectivity index (χ2n) is 7.45. The summed E-state index contributed by atoms with van der Waals surface area (Å²) in [6.45, 7) is 4.89. The highest BCUT2D eigenvalue weighted by Crippen LogP contribution is 2.42. The summed E-state index contributed by atoms with van der Waals surface area (Å²) in [7, 11) is 0. The number of nitrogens with zero attached hydrogens (tertiary/aromatic N) is 5. The van der Waals surface area contributed by atoms with Crippen LogP contribution in [-0.2, 0) is 6.54 Å². The molecular formula is C20H21ClN6. The third-order valence-corrected chi connectivity index (χ3v) is 5.33. The van der Waals surface area contributed by atoms with E-state index < -0.39 is 0 Å². The van der Waals surface area contributed by atoms with E-state index in [2.05, 4.69) is 52.0 Å². The predicted octanol–water partition coefficient (Wildman–Crippen LogP) is 4.64. The Labute approximate surface area is 162 Å². The summed E-state index contributed by atoms with van der Waals surface area (Å²) in [6.07, 6.45) is 6.44. The van der Waals surface area contributed by atoms with Crippen molar-refractivity contribution in [2.75, 3.05) is 5.32 Å². The third kappa shape index (κ3) is 2.84. The highest BCUT2D eigenvalue weighted by molar-refractivity contribution is 6.29. The molecule has 0 amide bonds. The van der Waals surface area contributed by atoms with Gasteiger partial charge in [-0.05, 0) is 30.9 Å². The molecule has 0 bridgehead atoms. The van der Waals surface area contributed by atoms with E-state index >= 15 is 0 Å². The second kappa shape index (κ2) is 6.23. The molecule has 27 heavy (non-hydrogen) atoms. The van der Waals surface area contributed by atoms with Gasteiger partial charge in [0.25, 0.3) is 0 Å². The van der Waals surface area contributed by atoms with E-state index in [1.54, 1.807) is 0 Å². The molecule has 0 aliphatic heterocycles. The topological polar surface area (TPSA) is 59.5 Å². The number of anilines is 1. The van der Waals surface area contributed by atoms with Gasteiger partial charge in [0.1, 0.15) is 16.6 Å². The van der Waals surface area contributed by atoms with Crippen molar-refractivity contribution in [3.8, 4) is 0 Å². The van der Waals surface area contributed by atoms with Crippen molar-refractivity contribution in [3.63, 3.8) is 0 Å². The number of imidazole rings is 1. The van der Waals surface area contributed by atoms with Crippen LogP contribution >= 0.6 is 11.6 Å². The monoisotopic (exact) mass is 380 g/mol. The molecule has 0 atom stereocenters. The normalized spacial score (nSPS) is 14.5. The Morgan fingerprint density at radius 2 is 2.11 bits per heavy atom. The summed E-state index contributed by atoms with van der Waals surface area (Å²) in [6, 6.07) is 7.96. The molecule has 1 N–H and O–H groups in total. The lowest BCUT2D eigenvalue weighted by Gasteiger charge is -2.10. The summed E-state index contributed by atoms with van der Waals surface area (Å²) in [5, 5.41) is 8.46. The number of pyridine rings is 1. The van der Waals surface area contributed by atoms with Gasteiger partial charge < -0.3 is 9.72 Å². The van der Waals surface area contributed by atoms with Gasteiger partial charge in [0.15, 0.2) is 5.65 Å². The SMILES string of the molecule is CC(C)c1cnn2c(NCc3nc4ccccn4c3C3CC3)cc(Cl)nc12. The molecule has 7 heteroatoms.